The van der Waals surface area contributed by atoms with E-state index >= 15 is 33.6 Å². The van der Waals surface area contributed by atoms with Gasteiger partial charge in [0.05, 0.1) is 37.0 Å². The number of aromatic hydroxyl groups is 1. The molecule has 0 spiro atoms. The number of carbonyl (C=O) groups excluding carboxylic acids is 17. The van der Waals surface area contributed by atoms with Crippen LogP contribution in [0.4, 0.5) is 0 Å². The molecule has 0 unspecified atom stereocenters. The monoisotopic (exact) mass is 1830 g/mol. The molecular weight excluding hydrogens is 1710 g/mol. The molecule has 0 radical (unpaired) electrons. The number of aromatic nitrogens is 4. The number of rotatable bonds is 22. The number of carbonyl (C=O) groups is 17. The Morgan fingerprint density at radius 3 is 1.77 bits per heavy atom. The molecule has 131 heavy (non-hydrogen) atoms. The van der Waals surface area contributed by atoms with E-state index in [1.165, 1.54) is 74.7 Å². The number of H-pyrrole nitrogens is 3. The molecular formula is C89H120N22O19S. The topological polar surface area (TPSA) is 605 Å². The van der Waals surface area contributed by atoms with Crippen LogP contribution in [0.15, 0.2) is 109 Å². The number of amides is 17. The molecule has 10 rings (SSSR count). The van der Waals surface area contributed by atoms with Crippen LogP contribution in [0.2, 0.25) is 0 Å². The van der Waals surface area contributed by atoms with Crippen molar-refractivity contribution in [3.63, 3.8) is 0 Å². The Morgan fingerprint density at radius 1 is 0.580 bits per heavy atom. The molecule has 3 saturated heterocycles. The van der Waals surface area contributed by atoms with Gasteiger partial charge < -0.3 is 120 Å². The summed E-state index contributed by atoms with van der Waals surface area (Å²) in [4.78, 5) is 267. The number of aromatic amines is 3. The molecule has 41 nitrogen and oxygen atoms in total. The quantitative estimate of drug-likeness (QED) is 0.0364. The van der Waals surface area contributed by atoms with E-state index in [9.17, 15) is 58.2 Å². The lowest BCUT2D eigenvalue weighted by Gasteiger charge is -2.36. The molecule has 21 N–H and O–H groups in total. The summed E-state index contributed by atoms with van der Waals surface area (Å²) in [7, 11) is 4.06. The lowest BCUT2D eigenvalue weighted by atomic mass is 9.99. The molecule has 706 valence electrons. The SMILES string of the molecule is CCCC[C@H]1C(=O)N(C)[C@@H](CCCC)C(=O)N[C@@H](CC(C)C)C(=O)N[C@H](C(=O)NCC(N)=O)CSCC(=O)N[C@@H](Cc2ccc(O)cc2)C(=O)N(C)[C@@H](C)C(=O)N[C@H]2CC(N)=C3CC[C@@H](C(=O)N[C@@H](Cc4c[nH]cn4)C(=O)N[C@@H](CCC(N)=O)C(=O)N4C[C@H](O)C[C@H]4C(=O)N[C@@H](Cc4c[nH]c5ccccc45)C(=O)NCC(=O)N[C@@H](Cc4c[nH]c5ccccc45)C(=O)N1C)N3C2=O. The summed E-state index contributed by atoms with van der Waals surface area (Å²) >= 11 is 0.819. The number of phenols is 1. The van der Waals surface area contributed by atoms with Gasteiger partial charge >= 0.3 is 0 Å². The fourth-order valence-electron chi connectivity index (χ4n) is 16.7. The first-order chi connectivity index (χ1) is 62.4. The van der Waals surface area contributed by atoms with Gasteiger partial charge in [-0.3, -0.25) is 81.5 Å². The van der Waals surface area contributed by atoms with Gasteiger partial charge in [0.1, 0.15) is 84.3 Å². The Hall–Kier alpha value is -13.4. The van der Waals surface area contributed by atoms with E-state index in [0.29, 0.717) is 64.2 Å². The Kier molecular flexibility index (Phi) is 35.2. The van der Waals surface area contributed by atoms with E-state index in [1.54, 1.807) is 68.7 Å². The second-order valence-electron chi connectivity index (χ2n) is 34.1. The molecule has 4 aliphatic rings. The van der Waals surface area contributed by atoms with E-state index in [-0.39, 0.29) is 98.7 Å². The Morgan fingerprint density at radius 2 is 1.15 bits per heavy atom. The van der Waals surface area contributed by atoms with Gasteiger partial charge in [-0.15, -0.1) is 11.8 Å². The Labute approximate surface area is 760 Å². The molecule has 2 bridgehead atoms. The normalized spacial score (nSPS) is 25.0. The lowest BCUT2D eigenvalue weighted by Crippen LogP contribution is -2.61. The van der Waals surface area contributed by atoms with Crippen LogP contribution in [0.25, 0.3) is 21.8 Å². The summed E-state index contributed by atoms with van der Waals surface area (Å²) in [5.41, 5.74) is 21.2. The zero-order valence-electron chi connectivity index (χ0n) is 74.6. The number of nitrogens with zero attached hydrogens (tertiary/aromatic N) is 6. The van der Waals surface area contributed by atoms with Crippen LogP contribution in [0.5, 0.6) is 5.75 Å². The minimum atomic E-state index is -1.72. The minimum absolute atomic E-state index is 0.0300. The number of phenolic OH excluding ortho intramolecular Hbond substituents is 1. The maximum atomic E-state index is 15.6. The molecule has 0 saturated carbocycles. The highest BCUT2D eigenvalue weighted by Gasteiger charge is 2.49. The van der Waals surface area contributed by atoms with Crippen molar-refractivity contribution in [2.45, 2.75) is 228 Å². The molecule has 4 aliphatic heterocycles. The molecule has 3 fully saturated rings. The Balaban J connectivity index is 0.996. The predicted molar refractivity (Wildman–Crippen MR) is 480 cm³/mol. The molecule has 7 heterocycles. The number of benzene rings is 3. The number of aliphatic hydroxyl groups excluding tert-OH is 1. The van der Waals surface area contributed by atoms with Crippen molar-refractivity contribution >= 4 is 134 Å². The molecule has 17 amide bonds. The summed E-state index contributed by atoms with van der Waals surface area (Å²) in [6, 6.07) is 0.743. The van der Waals surface area contributed by atoms with Gasteiger partial charge in [-0.25, -0.2) is 4.98 Å². The Bertz CT molecular complexity index is 5210. The molecule has 0 aliphatic carbocycles. The van der Waals surface area contributed by atoms with Crippen molar-refractivity contribution in [3.05, 3.63) is 131 Å². The highest BCUT2D eigenvalue weighted by Crippen LogP contribution is 2.36. The average Bonchev–Trinajstić information content (AvgIpc) is 1.63. The highest BCUT2D eigenvalue weighted by atomic mass is 32.2. The van der Waals surface area contributed by atoms with Gasteiger partial charge in [-0.05, 0) is 92.3 Å². The zero-order valence-corrected chi connectivity index (χ0v) is 75.4. The maximum Gasteiger partial charge on any atom is 0.250 e. The van der Waals surface area contributed by atoms with Crippen LogP contribution in [0, 0.1) is 5.92 Å². The summed E-state index contributed by atoms with van der Waals surface area (Å²) in [6.45, 7) is 6.62. The second kappa shape index (κ2) is 46.2. The largest absolute Gasteiger partial charge is 0.508 e. The number of aliphatic hydroxyl groups is 1. The molecule has 42 heteroatoms. The number of hydrogen-bond acceptors (Lipinski definition) is 22. The molecule has 6 aromatic rings. The number of unbranched alkanes of at least 4 members (excludes halogenated alkanes) is 2. The van der Waals surface area contributed by atoms with Gasteiger partial charge in [0.25, 0.3) is 5.91 Å². The maximum absolute atomic E-state index is 15.6. The van der Waals surface area contributed by atoms with Crippen LogP contribution in [-0.2, 0) is 107 Å². The second-order valence-corrected chi connectivity index (χ2v) is 35.1. The first-order valence-electron chi connectivity index (χ1n) is 44.0. The van der Waals surface area contributed by atoms with Gasteiger partial charge in [0.2, 0.25) is 94.5 Å². The van der Waals surface area contributed by atoms with Crippen molar-refractivity contribution in [1.29, 1.82) is 0 Å². The van der Waals surface area contributed by atoms with E-state index in [4.69, 9.17) is 17.2 Å². The number of imidazole rings is 1. The summed E-state index contributed by atoms with van der Waals surface area (Å²) in [5.74, 6) is -16.3. The van der Waals surface area contributed by atoms with Crippen LogP contribution in [0.3, 0.4) is 0 Å². The van der Waals surface area contributed by atoms with Crippen LogP contribution < -0.4 is 70.4 Å². The number of fused-ring (bicyclic) bond motifs is 4. The lowest BCUT2D eigenvalue weighted by molar-refractivity contribution is -0.149. The number of allylic oxidation sites excluding steroid dienone is 1. The number of likely N-dealkylation sites (N-methyl/N-ethyl adjacent to an activating group) is 3. The van der Waals surface area contributed by atoms with Crippen molar-refractivity contribution in [3.8, 4) is 5.75 Å². The zero-order chi connectivity index (χ0) is 95.2. The third-order valence-corrected chi connectivity index (χ3v) is 25.0. The smallest absolute Gasteiger partial charge is 0.250 e. The standard InChI is InChI=1S/C89H120N22O19S/c1-9-11-21-69-82(123)102-61(31-47(3)4)80(121)106-67(79(120)96-41-74(92)115)44-131-45-76(117)100-64(32-49-23-25-53(112)26-24-49)85(126)107(6)48(5)77(118)105-66-37-57(90)68-28-29-70(111(68)88(66)129)83(124)104-63(35-52-40-93-46-98-52)81(122)101-60(27-30-73(91)114)87(128)110-43-54(113)36-72(110)84(125)103-62(33-50-38-94-58-19-15-13-17-55(50)58)78(119)97-42-75(116)99-65(34-51-39-95-59-20-16-14-18-56(51)59)86(127)109(8)71(22-12-10-2)89(130)108(69)7/h13-20,23-26,38-40,46-48,54,60-67,69-72,94-95,112-113H,9-12,21-22,27-37,41-45,90H2,1-8H3,(H2,91,114)(H2,92,115)(H,93,98)(H,96,120)(H,97,119)(H,99,116)(H,100,117)(H,101,122)(H,102,123)(H,103,125)(H,104,124)(H,105,118)(H,106,121)/t48-,54+,60-,61-,62-,63-,64-,65-,66-,67-,69-,70-,71-,72-/m0/s1. The number of nitrogens with one attached hydrogen (secondary N) is 13. The summed E-state index contributed by atoms with van der Waals surface area (Å²) in [6.07, 6.45) is 3.85. The fraction of sp³-hybridized carbons (Fsp3) is 0.506. The first-order valence-corrected chi connectivity index (χ1v) is 45.1. The van der Waals surface area contributed by atoms with Crippen molar-refractivity contribution in [1.82, 2.24) is 97.6 Å². The van der Waals surface area contributed by atoms with E-state index in [2.05, 4.69) is 73.1 Å². The van der Waals surface area contributed by atoms with Crippen LogP contribution in [0.1, 0.15) is 140 Å². The summed E-state index contributed by atoms with van der Waals surface area (Å²) in [5, 5.41) is 49.6. The van der Waals surface area contributed by atoms with Gasteiger partial charge in [-0.1, -0.05) is 102 Å². The highest BCUT2D eigenvalue weighted by molar-refractivity contribution is 8.00. The van der Waals surface area contributed by atoms with E-state index in [1.807, 2.05) is 19.9 Å². The fourth-order valence-corrected chi connectivity index (χ4v) is 17.6. The van der Waals surface area contributed by atoms with Gasteiger partial charge in [0, 0.05) is 130 Å². The predicted octanol–water partition coefficient (Wildman–Crippen LogP) is -1.59. The van der Waals surface area contributed by atoms with Crippen molar-refractivity contribution in [2.24, 2.45) is 23.1 Å². The third kappa shape index (κ3) is 26.2. The van der Waals surface area contributed by atoms with Gasteiger partial charge in [-0.2, -0.15) is 0 Å². The van der Waals surface area contributed by atoms with Gasteiger partial charge in [0.15, 0.2) is 0 Å². The number of thioether (sulfide) groups is 1. The first kappa shape index (κ1) is 99.7. The van der Waals surface area contributed by atoms with E-state index in [0.717, 1.165) is 26.5 Å². The van der Waals surface area contributed by atoms with Crippen LogP contribution in [-0.4, -0.2) is 292 Å². The number of para-hydroxylation sites is 2. The molecule has 14 atom stereocenters. The number of nitrogens with two attached hydrogens (primary N) is 3. The number of primary amides is 2. The van der Waals surface area contributed by atoms with Crippen molar-refractivity contribution < 1.29 is 91.7 Å². The minimum Gasteiger partial charge on any atom is -0.508 e. The van der Waals surface area contributed by atoms with Crippen molar-refractivity contribution in [2.75, 3.05) is 52.3 Å². The van der Waals surface area contributed by atoms with E-state index < -0.39 is 230 Å². The molecule has 3 aromatic carbocycles. The summed E-state index contributed by atoms with van der Waals surface area (Å²) < 4.78 is 0. The molecule has 3 aromatic heterocycles. The van der Waals surface area contributed by atoms with Crippen LogP contribution >= 0.6 is 11.8 Å². The number of hydrogen-bond donors (Lipinski definition) is 18. The average molecular weight is 1830 g/mol. The third-order valence-electron chi connectivity index (χ3n) is 24.0.